The van der Waals surface area contributed by atoms with Crippen LogP contribution in [0.5, 0.6) is 0 Å². The van der Waals surface area contributed by atoms with E-state index in [-0.39, 0.29) is 5.54 Å². The Kier molecular flexibility index (Phi) is 8.07. The first-order valence-electron chi connectivity index (χ1n) is 12.2. The van der Waals surface area contributed by atoms with Gasteiger partial charge in [0.1, 0.15) is 0 Å². The highest BCUT2D eigenvalue weighted by molar-refractivity contribution is 14.1. The second kappa shape index (κ2) is 10.8. The summed E-state index contributed by atoms with van der Waals surface area (Å²) in [6.07, 6.45) is 3.02. The second-order valence-electron chi connectivity index (χ2n) is 10.2. The predicted octanol–water partition coefficient (Wildman–Crippen LogP) is 7.55. The lowest BCUT2D eigenvalue weighted by Crippen LogP contribution is -2.50. The van der Waals surface area contributed by atoms with Crippen LogP contribution in [0.25, 0.3) is 0 Å². The number of halogens is 2. The van der Waals surface area contributed by atoms with Crippen LogP contribution in [0.1, 0.15) is 49.7 Å². The number of carbonyl (C=O) groups is 1. The summed E-state index contributed by atoms with van der Waals surface area (Å²) in [5, 5.41) is 2.67. The topological polar surface area (TPSA) is 54.5 Å². The normalized spacial score (nSPS) is 20.2. The van der Waals surface area contributed by atoms with Gasteiger partial charge in [-0.3, -0.25) is 15.2 Å². The number of thiophene rings is 1. The van der Waals surface area contributed by atoms with Crippen molar-refractivity contribution in [1.29, 1.82) is 0 Å². The van der Waals surface area contributed by atoms with Crippen LogP contribution in [0.15, 0.2) is 60.8 Å². The van der Waals surface area contributed by atoms with E-state index in [4.69, 9.17) is 4.74 Å². The molecule has 1 aliphatic rings. The van der Waals surface area contributed by atoms with Gasteiger partial charge in [0.05, 0.1) is 8.30 Å². The number of pyridine rings is 1. The van der Waals surface area contributed by atoms with Gasteiger partial charge in [0, 0.05) is 41.5 Å². The number of alkyl halides is 1. The molecule has 4 rings (SSSR count). The molecule has 1 aliphatic heterocycles. The van der Waals surface area contributed by atoms with E-state index in [2.05, 4.69) is 69.8 Å². The van der Waals surface area contributed by atoms with Gasteiger partial charge in [-0.25, -0.2) is 4.79 Å². The third-order valence-corrected chi connectivity index (χ3v) is 9.45. The van der Waals surface area contributed by atoms with E-state index in [9.17, 15) is 4.79 Å². The molecule has 8 heteroatoms. The molecule has 2 aromatic heterocycles. The third kappa shape index (κ3) is 5.92. The van der Waals surface area contributed by atoms with Crippen molar-refractivity contribution < 1.29 is 13.9 Å². The number of carbonyl (C=O) groups excluding carboxylic acids is 1. The van der Waals surface area contributed by atoms with Gasteiger partial charge in [-0.1, -0.05) is 24.3 Å². The minimum absolute atomic E-state index is 0.344. The molecule has 5 nitrogen and oxygen atoms in total. The first-order chi connectivity index (χ1) is 17.0. The van der Waals surface area contributed by atoms with Crippen molar-refractivity contribution in [2.45, 2.75) is 58.4 Å². The highest BCUT2D eigenvalue weighted by atomic mass is 127. The molecule has 2 unspecified atom stereocenters. The number of amides is 1. The van der Waals surface area contributed by atoms with E-state index in [1.54, 1.807) is 23.5 Å². The molecular formula is C28H33FIN3O2S. The number of anilines is 1. The summed E-state index contributed by atoms with van der Waals surface area (Å²) in [6, 6.07) is 17.3. The molecule has 0 radical (unpaired) electrons. The van der Waals surface area contributed by atoms with Crippen LogP contribution < -0.4 is 5.32 Å². The Morgan fingerprint density at radius 2 is 1.94 bits per heavy atom. The van der Waals surface area contributed by atoms with E-state index in [1.807, 2.05) is 37.4 Å². The molecule has 1 amide bonds. The number of nitrogens with one attached hydrogen (secondary N) is 1. The van der Waals surface area contributed by atoms with Crippen molar-refractivity contribution in [2.75, 3.05) is 18.4 Å². The van der Waals surface area contributed by atoms with Crippen molar-refractivity contribution in [2.24, 2.45) is 5.41 Å². The molecular weight excluding hydrogens is 588 g/mol. The maximum atomic E-state index is 16.6. The lowest BCUT2D eigenvalue weighted by atomic mass is 9.75. The standard InChI is InChI=1S/C28H33FIN3O2S/c1-20-10-11-21(18-31-20)26(2,3)33-17-16-28(19-33,15-14-23-12-13-24(30)36-23)27(4,29)35-25(34)32-22-8-6-5-7-9-22/h5-13,18H,14-17,19H2,1-4H3,(H,32,34). The van der Waals surface area contributed by atoms with Crippen LogP contribution in [0.3, 0.4) is 0 Å². The van der Waals surface area contributed by atoms with Crippen molar-refractivity contribution >= 4 is 45.7 Å². The summed E-state index contributed by atoms with van der Waals surface area (Å²) >= 11 is 4.03. The number of benzene rings is 1. The summed E-state index contributed by atoms with van der Waals surface area (Å²) in [6.45, 7) is 8.86. The predicted molar refractivity (Wildman–Crippen MR) is 152 cm³/mol. The van der Waals surface area contributed by atoms with Gasteiger partial charge < -0.3 is 4.74 Å². The molecule has 1 aromatic carbocycles. The average Bonchev–Trinajstić information content (AvgIpc) is 3.46. The Hall–Kier alpha value is -2.04. The zero-order valence-electron chi connectivity index (χ0n) is 21.2. The monoisotopic (exact) mass is 621 g/mol. The Balaban J connectivity index is 1.57. The molecule has 36 heavy (non-hydrogen) atoms. The largest absolute Gasteiger partial charge is 0.414 e. The van der Waals surface area contributed by atoms with Crippen LogP contribution in [-0.4, -0.2) is 34.9 Å². The van der Waals surface area contributed by atoms with Crippen LogP contribution in [0.4, 0.5) is 14.9 Å². The van der Waals surface area contributed by atoms with Gasteiger partial charge in [0.15, 0.2) is 0 Å². The smallest absolute Gasteiger partial charge is 0.412 e. The first-order valence-corrected chi connectivity index (χ1v) is 14.1. The van der Waals surface area contributed by atoms with Crippen molar-refractivity contribution in [3.8, 4) is 0 Å². The molecule has 192 valence electrons. The highest BCUT2D eigenvalue weighted by Gasteiger charge is 2.57. The lowest BCUT2D eigenvalue weighted by Gasteiger charge is -2.42. The van der Waals surface area contributed by atoms with Gasteiger partial charge >= 0.3 is 6.09 Å². The number of likely N-dealkylation sites (tertiary alicyclic amines) is 1. The minimum atomic E-state index is -2.16. The van der Waals surface area contributed by atoms with Crippen molar-refractivity contribution in [3.63, 3.8) is 0 Å². The van der Waals surface area contributed by atoms with E-state index >= 15 is 4.39 Å². The fourth-order valence-electron chi connectivity index (χ4n) is 4.95. The van der Waals surface area contributed by atoms with Gasteiger partial charge in [0.25, 0.3) is 5.85 Å². The summed E-state index contributed by atoms with van der Waals surface area (Å²) in [4.78, 5) is 20.7. The highest BCUT2D eigenvalue weighted by Crippen LogP contribution is 2.50. The average molecular weight is 622 g/mol. The number of para-hydroxylation sites is 1. The van der Waals surface area contributed by atoms with Gasteiger partial charge in [-0.15, -0.1) is 11.3 Å². The molecule has 0 bridgehead atoms. The van der Waals surface area contributed by atoms with Gasteiger partial charge in [-0.2, -0.15) is 4.39 Å². The molecule has 3 aromatic rings. The SMILES string of the molecule is Cc1ccc(C(C)(C)N2CCC(CCc3ccc(I)s3)(C(C)(F)OC(=O)Nc3ccccc3)C2)cn1. The number of aryl methyl sites for hydroxylation is 2. The number of rotatable bonds is 8. The molecule has 0 spiro atoms. The lowest BCUT2D eigenvalue weighted by molar-refractivity contribution is -0.170. The Labute approximate surface area is 230 Å². The molecule has 1 fully saturated rings. The molecule has 1 N–H and O–H groups in total. The van der Waals surface area contributed by atoms with Crippen LogP contribution in [0.2, 0.25) is 0 Å². The number of hydrogen-bond acceptors (Lipinski definition) is 5. The first kappa shape index (κ1) is 27.0. The van der Waals surface area contributed by atoms with E-state index in [1.165, 1.54) is 14.7 Å². The maximum absolute atomic E-state index is 16.6. The Morgan fingerprint density at radius 3 is 2.58 bits per heavy atom. The zero-order chi connectivity index (χ0) is 26.0. The quantitative estimate of drug-likeness (QED) is 0.264. The Bertz CT molecular complexity index is 1180. The fraction of sp³-hybridized carbons (Fsp3) is 0.429. The number of hydrogen-bond donors (Lipinski definition) is 1. The molecule has 1 saturated heterocycles. The van der Waals surface area contributed by atoms with Gasteiger partial charge in [0.2, 0.25) is 0 Å². The van der Waals surface area contributed by atoms with Crippen LogP contribution >= 0.6 is 33.9 Å². The molecule has 0 aliphatic carbocycles. The van der Waals surface area contributed by atoms with E-state index in [0.29, 0.717) is 31.6 Å². The van der Waals surface area contributed by atoms with Crippen LogP contribution in [0, 0.1) is 15.2 Å². The zero-order valence-corrected chi connectivity index (χ0v) is 24.2. The van der Waals surface area contributed by atoms with E-state index in [0.717, 1.165) is 17.7 Å². The summed E-state index contributed by atoms with van der Waals surface area (Å²) in [5.41, 5.74) is 1.42. The van der Waals surface area contributed by atoms with Crippen LogP contribution in [-0.2, 0) is 16.7 Å². The van der Waals surface area contributed by atoms with Crippen molar-refractivity contribution in [1.82, 2.24) is 9.88 Å². The molecule has 3 heterocycles. The molecule has 0 saturated carbocycles. The second-order valence-corrected chi connectivity index (χ2v) is 13.3. The maximum Gasteiger partial charge on any atom is 0.414 e. The fourth-order valence-corrected chi connectivity index (χ4v) is 6.70. The third-order valence-electron chi connectivity index (χ3n) is 7.49. The summed E-state index contributed by atoms with van der Waals surface area (Å²) < 4.78 is 23.4. The number of ether oxygens (including phenoxy) is 1. The molecule has 2 atom stereocenters. The number of nitrogens with zero attached hydrogens (tertiary/aromatic N) is 2. The Morgan fingerprint density at radius 1 is 1.19 bits per heavy atom. The van der Waals surface area contributed by atoms with E-state index < -0.39 is 17.4 Å². The summed E-state index contributed by atoms with van der Waals surface area (Å²) in [5.74, 6) is -2.16. The number of aromatic nitrogens is 1. The minimum Gasteiger partial charge on any atom is -0.412 e. The van der Waals surface area contributed by atoms with Crippen molar-refractivity contribution in [3.05, 3.63) is 79.8 Å². The van der Waals surface area contributed by atoms with Gasteiger partial charge in [-0.05, 0) is 105 Å². The summed E-state index contributed by atoms with van der Waals surface area (Å²) in [7, 11) is 0.